The second-order valence-corrected chi connectivity index (χ2v) is 7.92. The highest BCUT2D eigenvalue weighted by atomic mass is 32.2. The van der Waals surface area contributed by atoms with Crippen molar-refractivity contribution in [2.75, 3.05) is 18.4 Å². The Morgan fingerprint density at radius 2 is 1.71 bits per heavy atom. The number of amides is 1. The molecule has 1 aromatic rings. The van der Waals surface area contributed by atoms with Crippen LogP contribution in [0.2, 0.25) is 0 Å². The quantitative estimate of drug-likeness (QED) is 0.929. The lowest BCUT2D eigenvalue weighted by molar-refractivity contribution is -0.114. The molecular weight excluding hydrogens is 288 g/mol. The van der Waals surface area contributed by atoms with Crippen LogP contribution in [0.5, 0.6) is 0 Å². The zero-order chi connectivity index (χ0) is 15.0. The van der Waals surface area contributed by atoms with Crippen LogP contribution in [-0.4, -0.2) is 31.7 Å². The first-order valence-corrected chi connectivity index (χ1v) is 8.78. The molecule has 1 aliphatic carbocycles. The maximum absolute atomic E-state index is 12.6. The molecule has 1 aromatic carbocycles. The number of fused-ring (bicyclic) bond motifs is 1. The third-order valence-corrected chi connectivity index (χ3v) is 6.35. The topological polar surface area (TPSA) is 66.5 Å². The Morgan fingerprint density at radius 1 is 1.14 bits per heavy atom. The third-order valence-electron chi connectivity index (χ3n) is 4.51. The second kappa shape index (κ2) is 5.42. The van der Waals surface area contributed by atoms with Gasteiger partial charge in [-0.2, -0.15) is 4.31 Å². The fourth-order valence-electron chi connectivity index (χ4n) is 3.45. The first-order chi connectivity index (χ1) is 9.96. The van der Waals surface area contributed by atoms with Crippen LogP contribution >= 0.6 is 0 Å². The fourth-order valence-corrected chi connectivity index (χ4v) is 5.00. The summed E-state index contributed by atoms with van der Waals surface area (Å²) in [6.07, 6.45) is 3.53. The van der Waals surface area contributed by atoms with Crippen molar-refractivity contribution in [2.45, 2.75) is 31.1 Å². The molecular formula is C15H20N2O3S. The lowest BCUT2D eigenvalue weighted by atomic mass is 10.0. The molecule has 3 rings (SSSR count). The van der Waals surface area contributed by atoms with Gasteiger partial charge >= 0.3 is 0 Å². The molecule has 114 valence electrons. The third kappa shape index (κ3) is 2.82. The highest BCUT2D eigenvalue weighted by molar-refractivity contribution is 7.89. The number of carbonyl (C=O) groups excluding carboxylic acids is 1. The van der Waals surface area contributed by atoms with Gasteiger partial charge in [0.05, 0.1) is 4.90 Å². The van der Waals surface area contributed by atoms with Crippen LogP contribution in [0.25, 0.3) is 0 Å². The zero-order valence-electron chi connectivity index (χ0n) is 12.1. The molecule has 2 atom stereocenters. The number of carbonyl (C=O) groups is 1. The summed E-state index contributed by atoms with van der Waals surface area (Å²) in [4.78, 5) is 11.3. The van der Waals surface area contributed by atoms with Gasteiger partial charge in [0.25, 0.3) is 0 Å². The SMILES string of the molecule is CC(=O)Nc1ccc(S(=O)(=O)N2CC3CCCC3C2)cc1. The van der Waals surface area contributed by atoms with E-state index in [0.29, 0.717) is 35.5 Å². The van der Waals surface area contributed by atoms with Crippen molar-refractivity contribution in [3.05, 3.63) is 24.3 Å². The van der Waals surface area contributed by atoms with Gasteiger partial charge in [-0.05, 0) is 48.9 Å². The molecule has 0 radical (unpaired) electrons. The van der Waals surface area contributed by atoms with E-state index in [1.807, 2.05) is 0 Å². The van der Waals surface area contributed by atoms with Gasteiger partial charge in [-0.15, -0.1) is 0 Å². The summed E-state index contributed by atoms with van der Waals surface area (Å²) >= 11 is 0. The predicted octanol–water partition coefficient (Wildman–Crippen LogP) is 2.07. The van der Waals surface area contributed by atoms with E-state index in [-0.39, 0.29) is 5.91 Å². The van der Waals surface area contributed by atoms with Gasteiger partial charge in [-0.25, -0.2) is 8.42 Å². The Kier molecular flexibility index (Phi) is 3.75. The number of nitrogens with zero attached hydrogens (tertiary/aromatic N) is 1. The molecule has 1 saturated carbocycles. The normalized spacial score (nSPS) is 25.8. The Morgan fingerprint density at radius 3 is 2.24 bits per heavy atom. The van der Waals surface area contributed by atoms with Gasteiger partial charge in [0.1, 0.15) is 0 Å². The molecule has 5 nitrogen and oxygen atoms in total. The van der Waals surface area contributed by atoms with Crippen molar-refractivity contribution in [3.63, 3.8) is 0 Å². The molecule has 6 heteroatoms. The largest absolute Gasteiger partial charge is 0.326 e. The molecule has 0 spiro atoms. The van der Waals surface area contributed by atoms with E-state index in [1.165, 1.54) is 13.3 Å². The van der Waals surface area contributed by atoms with Crippen LogP contribution in [0, 0.1) is 11.8 Å². The first-order valence-electron chi connectivity index (χ1n) is 7.34. The van der Waals surface area contributed by atoms with E-state index in [1.54, 1.807) is 28.6 Å². The standard InChI is InChI=1S/C15H20N2O3S/c1-11(18)16-14-5-7-15(8-6-14)21(19,20)17-9-12-3-2-4-13(12)10-17/h5-8,12-13H,2-4,9-10H2,1H3,(H,16,18). The first kappa shape index (κ1) is 14.5. The van der Waals surface area contributed by atoms with Gasteiger partial charge in [-0.1, -0.05) is 6.42 Å². The van der Waals surface area contributed by atoms with Crippen LogP contribution < -0.4 is 5.32 Å². The van der Waals surface area contributed by atoms with Crippen LogP contribution in [0.1, 0.15) is 26.2 Å². The molecule has 2 unspecified atom stereocenters. The highest BCUT2D eigenvalue weighted by Gasteiger charge is 2.41. The van der Waals surface area contributed by atoms with Gasteiger partial charge < -0.3 is 5.32 Å². The van der Waals surface area contributed by atoms with E-state index >= 15 is 0 Å². The average molecular weight is 308 g/mol. The van der Waals surface area contributed by atoms with Crippen LogP contribution in [0.15, 0.2) is 29.2 Å². The number of benzene rings is 1. The smallest absolute Gasteiger partial charge is 0.243 e. The van der Waals surface area contributed by atoms with Gasteiger partial charge in [0.15, 0.2) is 0 Å². The maximum Gasteiger partial charge on any atom is 0.243 e. The summed E-state index contributed by atoms with van der Waals surface area (Å²) in [5, 5.41) is 2.64. The van der Waals surface area contributed by atoms with E-state index < -0.39 is 10.0 Å². The number of nitrogens with one attached hydrogen (secondary N) is 1. The number of hydrogen-bond acceptors (Lipinski definition) is 3. The summed E-state index contributed by atoms with van der Waals surface area (Å²) in [5.74, 6) is 0.912. The Bertz CT molecular complexity index is 627. The van der Waals surface area contributed by atoms with Gasteiger partial charge in [0, 0.05) is 25.7 Å². The van der Waals surface area contributed by atoms with Gasteiger partial charge in [-0.3, -0.25) is 4.79 Å². The summed E-state index contributed by atoms with van der Waals surface area (Å²) in [6, 6.07) is 6.39. The maximum atomic E-state index is 12.6. The average Bonchev–Trinajstić information content (AvgIpc) is 2.99. The molecule has 2 fully saturated rings. The number of sulfonamides is 1. The Balaban J connectivity index is 1.77. The van der Waals surface area contributed by atoms with Crippen molar-refractivity contribution in [1.29, 1.82) is 0 Å². The van der Waals surface area contributed by atoms with Crippen molar-refractivity contribution < 1.29 is 13.2 Å². The van der Waals surface area contributed by atoms with E-state index in [9.17, 15) is 13.2 Å². The zero-order valence-corrected chi connectivity index (χ0v) is 12.9. The molecule has 1 saturated heterocycles. The second-order valence-electron chi connectivity index (χ2n) is 5.98. The lowest BCUT2D eigenvalue weighted by Crippen LogP contribution is -2.29. The van der Waals surface area contributed by atoms with Crippen LogP contribution in [0.3, 0.4) is 0 Å². The highest BCUT2D eigenvalue weighted by Crippen LogP contribution is 2.39. The summed E-state index contributed by atoms with van der Waals surface area (Å²) in [6.45, 7) is 2.73. The fraction of sp³-hybridized carbons (Fsp3) is 0.533. The van der Waals surface area contributed by atoms with Crippen LogP contribution in [0.4, 0.5) is 5.69 Å². The lowest BCUT2D eigenvalue weighted by Gasteiger charge is -2.17. The minimum atomic E-state index is -3.41. The number of rotatable bonds is 3. The van der Waals surface area contributed by atoms with E-state index in [0.717, 1.165) is 12.8 Å². The molecule has 1 heterocycles. The van der Waals surface area contributed by atoms with Crippen molar-refractivity contribution >= 4 is 21.6 Å². The van der Waals surface area contributed by atoms with Crippen molar-refractivity contribution in [3.8, 4) is 0 Å². The minimum absolute atomic E-state index is 0.169. The Labute approximate surface area is 125 Å². The molecule has 0 bridgehead atoms. The molecule has 1 N–H and O–H groups in total. The summed E-state index contributed by atoms with van der Waals surface area (Å²) in [5.41, 5.74) is 0.611. The summed E-state index contributed by atoms with van der Waals surface area (Å²) in [7, 11) is -3.41. The van der Waals surface area contributed by atoms with Crippen molar-refractivity contribution in [1.82, 2.24) is 4.31 Å². The number of hydrogen-bond donors (Lipinski definition) is 1. The van der Waals surface area contributed by atoms with Crippen LogP contribution in [-0.2, 0) is 14.8 Å². The monoisotopic (exact) mass is 308 g/mol. The predicted molar refractivity (Wildman–Crippen MR) is 80.3 cm³/mol. The Hall–Kier alpha value is -1.40. The molecule has 0 aromatic heterocycles. The minimum Gasteiger partial charge on any atom is -0.326 e. The number of anilines is 1. The van der Waals surface area contributed by atoms with E-state index in [2.05, 4.69) is 5.32 Å². The van der Waals surface area contributed by atoms with Gasteiger partial charge in [0.2, 0.25) is 15.9 Å². The summed E-state index contributed by atoms with van der Waals surface area (Å²) < 4.78 is 26.9. The molecule has 1 amide bonds. The molecule has 21 heavy (non-hydrogen) atoms. The van der Waals surface area contributed by atoms with E-state index in [4.69, 9.17) is 0 Å². The van der Waals surface area contributed by atoms with Crippen molar-refractivity contribution in [2.24, 2.45) is 11.8 Å². The molecule has 2 aliphatic rings. The molecule has 1 aliphatic heterocycles.